The molecule has 7 heteroatoms. The number of nitrogens with zero attached hydrogens (tertiary/aromatic N) is 5. The van der Waals surface area contributed by atoms with Crippen molar-refractivity contribution < 1.29 is 0 Å². The van der Waals surface area contributed by atoms with E-state index >= 15 is 0 Å². The minimum atomic E-state index is 0.502. The lowest BCUT2D eigenvalue weighted by Crippen LogP contribution is -2.43. The van der Waals surface area contributed by atoms with Crippen LogP contribution in [0.4, 0.5) is 0 Å². The summed E-state index contributed by atoms with van der Waals surface area (Å²) in [4.78, 5) is 6.98. The predicted octanol–water partition coefficient (Wildman–Crippen LogP) is 3.30. The molecule has 1 saturated carbocycles. The summed E-state index contributed by atoms with van der Waals surface area (Å²) < 4.78 is 1.98. The van der Waals surface area contributed by atoms with Crippen molar-refractivity contribution in [3.8, 4) is 0 Å². The summed E-state index contributed by atoms with van der Waals surface area (Å²) in [5.74, 6) is 2.68. The fourth-order valence-corrected chi connectivity index (χ4v) is 3.33. The van der Waals surface area contributed by atoms with E-state index in [0.717, 1.165) is 29.2 Å². The monoisotopic (exact) mass is 374 g/mol. The molecule has 0 amide bonds. The Morgan fingerprint density at radius 2 is 1.96 bits per heavy atom. The smallest absolute Gasteiger partial charge is 0.194 e. The van der Waals surface area contributed by atoms with Gasteiger partial charge in [-0.1, -0.05) is 36.6 Å². The average Bonchev–Trinajstić information content (AvgIpc) is 3.25. The third-order valence-corrected chi connectivity index (χ3v) is 5.19. The van der Waals surface area contributed by atoms with Crippen molar-refractivity contribution >= 4 is 17.6 Å². The Bertz CT molecular complexity index is 746. The van der Waals surface area contributed by atoms with Crippen molar-refractivity contribution in [2.75, 3.05) is 7.05 Å². The Morgan fingerprint density at radius 1 is 1.27 bits per heavy atom. The highest BCUT2D eigenvalue weighted by molar-refractivity contribution is 6.30. The zero-order valence-corrected chi connectivity index (χ0v) is 16.5. The summed E-state index contributed by atoms with van der Waals surface area (Å²) in [6, 6.07) is 8.46. The van der Waals surface area contributed by atoms with Crippen molar-refractivity contribution in [1.82, 2.24) is 25.0 Å². The number of hydrogen-bond donors (Lipinski definition) is 1. The molecule has 0 saturated heterocycles. The number of aryl methyl sites for hydroxylation is 1. The molecule has 2 aromatic rings. The SMILES string of the molecule is Cc1nnc(CN=C(NC2CCCC2)N(C)Cc2ccc(Cl)cc2)n1C. The standard InChI is InChI=1S/C19H27ClN6/c1-14-23-24-18(26(14)3)12-21-19(22-17-6-4-5-7-17)25(2)13-15-8-10-16(20)11-9-15/h8-11,17H,4-7,12-13H2,1-3H3,(H,21,22). The van der Waals surface area contributed by atoms with Crippen molar-refractivity contribution in [2.45, 2.75) is 51.7 Å². The Labute approximate surface area is 160 Å². The van der Waals surface area contributed by atoms with Gasteiger partial charge in [0.25, 0.3) is 0 Å². The number of rotatable bonds is 5. The Hall–Kier alpha value is -2.08. The summed E-state index contributed by atoms with van der Waals surface area (Å²) in [6.45, 7) is 3.23. The van der Waals surface area contributed by atoms with Gasteiger partial charge in [-0.2, -0.15) is 0 Å². The zero-order chi connectivity index (χ0) is 18.5. The van der Waals surface area contributed by atoms with Crippen LogP contribution in [0, 0.1) is 6.92 Å². The molecule has 26 heavy (non-hydrogen) atoms. The van der Waals surface area contributed by atoms with Crippen LogP contribution in [-0.4, -0.2) is 38.7 Å². The van der Waals surface area contributed by atoms with E-state index in [-0.39, 0.29) is 0 Å². The van der Waals surface area contributed by atoms with Crippen LogP contribution in [-0.2, 0) is 20.1 Å². The van der Waals surface area contributed by atoms with Crippen LogP contribution in [0.15, 0.2) is 29.3 Å². The summed E-state index contributed by atoms with van der Waals surface area (Å²) in [5.41, 5.74) is 1.20. The van der Waals surface area contributed by atoms with Gasteiger partial charge in [-0.25, -0.2) is 4.99 Å². The Balaban J connectivity index is 1.73. The summed E-state index contributed by atoms with van der Waals surface area (Å²) in [7, 11) is 4.04. The van der Waals surface area contributed by atoms with Crippen molar-refractivity contribution in [2.24, 2.45) is 12.0 Å². The molecular formula is C19H27ClN6. The van der Waals surface area contributed by atoms with Crippen LogP contribution in [0.5, 0.6) is 0 Å². The minimum absolute atomic E-state index is 0.502. The average molecular weight is 375 g/mol. The second kappa shape index (κ2) is 8.54. The lowest BCUT2D eigenvalue weighted by atomic mass is 10.2. The van der Waals surface area contributed by atoms with Crippen LogP contribution in [0.1, 0.15) is 42.9 Å². The molecule has 1 N–H and O–H groups in total. The molecule has 0 radical (unpaired) electrons. The van der Waals surface area contributed by atoms with Gasteiger partial charge in [0, 0.05) is 31.7 Å². The second-order valence-electron chi connectivity index (χ2n) is 6.97. The molecule has 1 heterocycles. The number of benzene rings is 1. The van der Waals surface area contributed by atoms with E-state index in [0.29, 0.717) is 12.6 Å². The number of aromatic nitrogens is 3. The molecule has 0 atom stereocenters. The lowest BCUT2D eigenvalue weighted by molar-refractivity contribution is 0.456. The van der Waals surface area contributed by atoms with Gasteiger partial charge >= 0.3 is 0 Å². The normalized spacial score (nSPS) is 15.5. The van der Waals surface area contributed by atoms with Gasteiger partial charge in [-0.05, 0) is 37.5 Å². The first kappa shape index (κ1) is 18.7. The van der Waals surface area contributed by atoms with Gasteiger partial charge in [-0.3, -0.25) is 0 Å². The molecule has 0 unspecified atom stereocenters. The molecule has 1 aromatic carbocycles. The van der Waals surface area contributed by atoms with Gasteiger partial charge in [0.05, 0.1) is 0 Å². The molecule has 140 valence electrons. The first-order valence-electron chi connectivity index (χ1n) is 9.14. The third kappa shape index (κ3) is 4.75. The van der Waals surface area contributed by atoms with Gasteiger partial charge < -0.3 is 14.8 Å². The second-order valence-corrected chi connectivity index (χ2v) is 7.41. The van der Waals surface area contributed by atoms with Crippen LogP contribution in [0.3, 0.4) is 0 Å². The predicted molar refractivity (Wildman–Crippen MR) is 105 cm³/mol. The van der Waals surface area contributed by atoms with Gasteiger partial charge in [0.2, 0.25) is 0 Å². The summed E-state index contributed by atoms with van der Waals surface area (Å²) >= 11 is 5.99. The van der Waals surface area contributed by atoms with Crippen molar-refractivity contribution in [1.29, 1.82) is 0 Å². The molecule has 0 aliphatic heterocycles. The summed E-state index contributed by atoms with van der Waals surface area (Å²) in [5, 5.41) is 12.7. The molecule has 0 bridgehead atoms. The molecule has 1 aliphatic carbocycles. The number of guanidine groups is 1. The number of hydrogen-bond acceptors (Lipinski definition) is 3. The minimum Gasteiger partial charge on any atom is -0.353 e. The molecule has 3 rings (SSSR count). The molecular weight excluding hydrogens is 348 g/mol. The van der Waals surface area contributed by atoms with Gasteiger partial charge in [0.1, 0.15) is 12.4 Å². The van der Waals surface area contributed by atoms with Crippen LogP contribution >= 0.6 is 11.6 Å². The van der Waals surface area contributed by atoms with E-state index in [1.54, 1.807) is 0 Å². The largest absolute Gasteiger partial charge is 0.353 e. The van der Waals surface area contributed by atoms with E-state index < -0.39 is 0 Å². The van der Waals surface area contributed by atoms with E-state index in [2.05, 4.69) is 39.6 Å². The van der Waals surface area contributed by atoms with Gasteiger partial charge in [-0.15, -0.1) is 10.2 Å². The van der Waals surface area contributed by atoms with Gasteiger partial charge in [0.15, 0.2) is 11.8 Å². The number of aliphatic imine (C=N–C) groups is 1. The first-order valence-corrected chi connectivity index (χ1v) is 9.52. The Morgan fingerprint density at radius 3 is 2.58 bits per heavy atom. The molecule has 1 aromatic heterocycles. The van der Waals surface area contributed by atoms with Crippen LogP contribution in [0.2, 0.25) is 5.02 Å². The summed E-state index contributed by atoms with van der Waals surface area (Å²) in [6.07, 6.45) is 4.98. The topological polar surface area (TPSA) is 58.3 Å². The lowest BCUT2D eigenvalue weighted by Gasteiger charge is -2.25. The maximum atomic E-state index is 5.99. The van der Waals surface area contributed by atoms with Crippen molar-refractivity contribution in [3.63, 3.8) is 0 Å². The van der Waals surface area contributed by atoms with E-state index in [1.807, 2.05) is 30.7 Å². The fraction of sp³-hybridized carbons (Fsp3) is 0.526. The van der Waals surface area contributed by atoms with E-state index in [1.165, 1.54) is 31.2 Å². The van der Waals surface area contributed by atoms with Crippen LogP contribution < -0.4 is 5.32 Å². The number of nitrogens with one attached hydrogen (secondary N) is 1. The quantitative estimate of drug-likeness (QED) is 0.644. The van der Waals surface area contributed by atoms with Crippen LogP contribution in [0.25, 0.3) is 0 Å². The molecule has 1 aliphatic rings. The maximum absolute atomic E-state index is 5.99. The van der Waals surface area contributed by atoms with E-state index in [4.69, 9.17) is 16.6 Å². The number of halogens is 1. The highest BCUT2D eigenvalue weighted by Gasteiger charge is 2.18. The zero-order valence-electron chi connectivity index (χ0n) is 15.7. The van der Waals surface area contributed by atoms with Crippen molar-refractivity contribution in [3.05, 3.63) is 46.5 Å². The fourth-order valence-electron chi connectivity index (χ4n) is 3.20. The molecule has 6 nitrogen and oxygen atoms in total. The first-order chi connectivity index (χ1) is 12.5. The third-order valence-electron chi connectivity index (χ3n) is 4.94. The molecule has 1 fully saturated rings. The van der Waals surface area contributed by atoms with E-state index in [9.17, 15) is 0 Å². The Kier molecular flexibility index (Phi) is 6.14. The highest BCUT2D eigenvalue weighted by Crippen LogP contribution is 2.18. The highest BCUT2D eigenvalue weighted by atomic mass is 35.5. The maximum Gasteiger partial charge on any atom is 0.194 e. The molecule has 0 spiro atoms.